The van der Waals surface area contributed by atoms with Crippen LogP contribution in [0.3, 0.4) is 0 Å². The Kier molecular flexibility index (Phi) is 37.3. The van der Waals surface area contributed by atoms with Crippen LogP contribution in [0.15, 0.2) is 0 Å². The van der Waals surface area contributed by atoms with Crippen molar-refractivity contribution in [3.05, 3.63) is 0 Å². The molecule has 0 aliphatic heterocycles. The molecule has 0 spiro atoms. The SMILES string of the molecule is CC(=O)COCCNC(=O)[C@@H](CCC(=O)O)NC(=O)[C@@H](CCC(=O)O)NC(=O)[C@@H](CCC(=O)O)NC(=O)[C@@H](CCC(=O)O)NC(=O)[C@@H](CCC(=O)O)NC(=O)[C@@H](CCC(=O)O)NC(=O)[C@@H](CCC(=O)O)NC(=O)[C@@H](CCC(=O)O)NC(=O)[C@H](N)CCC(=O)O. The summed E-state index contributed by atoms with van der Waals surface area (Å²) in [4.78, 5) is 238. The molecule has 0 bridgehead atoms. The van der Waals surface area contributed by atoms with Gasteiger partial charge in [0.25, 0.3) is 0 Å². The highest BCUT2D eigenvalue weighted by atomic mass is 16.5. The predicted octanol–water partition coefficient (Wildman–Crippen LogP) is -6.30. The molecule has 39 heteroatoms. The van der Waals surface area contributed by atoms with E-state index in [2.05, 4.69) is 42.5 Å². The number of carbonyl (C=O) groups is 19. The number of nitrogens with two attached hydrogens (primary N) is 1. The van der Waals surface area contributed by atoms with Gasteiger partial charge in [0.2, 0.25) is 53.2 Å². The quantitative estimate of drug-likeness (QED) is 0.0252. The second-order valence-electron chi connectivity index (χ2n) is 19.5. The van der Waals surface area contributed by atoms with Gasteiger partial charge in [-0.15, -0.1) is 0 Å². The minimum Gasteiger partial charge on any atom is -0.481 e. The number of nitrogens with one attached hydrogen (secondary N) is 9. The molecule has 0 aromatic rings. The summed E-state index contributed by atoms with van der Waals surface area (Å²) in [6.45, 7) is 0.419. The number of hydrogen-bond acceptors (Lipinski definition) is 21. The summed E-state index contributed by atoms with van der Waals surface area (Å²) in [6.07, 6.45) is -14.7. The first kappa shape index (κ1) is 79.0. The zero-order valence-corrected chi connectivity index (χ0v) is 47.8. The molecule has 39 nitrogen and oxygen atoms in total. The second kappa shape index (κ2) is 42.0. The highest BCUT2D eigenvalue weighted by Gasteiger charge is 2.36. The lowest BCUT2D eigenvalue weighted by atomic mass is 10.0. The molecule has 0 aliphatic rings. The van der Waals surface area contributed by atoms with Crippen molar-refractivity contribution in [3.8, 4) is 0 Å². The number of carboxylic acid groups (broad SMARTS) is 9. The molecule has 0 saturated heterocycles. The van der Waals surface area contributed by atoms with Crippen LogP contribution in [0.4, 0.5) is 0 Å². The number of ketones is 1. The van der Waals surface area contributed by atoms with Gasteiger partial charge in [0.15, 0.2) is 5.78 Å². The molecule has 0 aromatic heterocycles. The van der Waals surface area contributed by atoms with Gasteiger partial charge >= 0.3 is 53.7 Å². The molecule has 0 aliphatic carbocycles. The number of aliphatic carboxylic acids is 9. The Morgan fingerprint density at radius 3 is 0.663 bits per heavy atom. The maximum absolute atomic E-state index is 14.0. The maximum atomic E-state index is 14.0. The molecule has 0 aromatic carbocycles. The van der Waals surface area contributed by atoms with E-state index in [1.807, 2.05) is 5.32 Å². The Balaban J connectivity index is 7.16. The third kappa shape index (κ3) is 36.6. The Hall–Kier alpha value is -9.95. The van der Waals surface area contributed by atoms with E-state index in [0.29, 0.717) is 0 Å². The van der Waals surface area contributed by atoms with Crippen LogP contribution in [0.2, 0.25) is 0 Å². The fourth-order valence-corrected chi connectivity index (χ4v) is 7.47. The molecule has 20 N–H and O–H groups in total. The summed E-state index contributed by atoms with van der Waals surface area (Å²) >= 11 is 0. The molecule has 0 fully saturated rings. The van der Waals surface area contributed by atoms with E-state index in [9.17, 15) is 132 Å². The highest BCUT2D eigenvalue weighted by Crippen LogP contribution is 2.12. The summed E-state index contributed by atoms with van der Waals surface area (Å²) in [5, 5.41) is 103. The normalized spacial score (nSPS) is 13.8. The largest absolute Gasteiger partial charge is 0.481 e. The van der Waals surface area contributed by atoms with E-state index in [1.165, 1.54) is 6.92 Å². The van der Waals surface area contributed by atoms with Gasteiger partial charge in [-0.25, -0.2) is 0 Å². The zero-order valence-electron chi connectivity index (χ0n) is 47.8. The predicted molar refractivity (Wildman–Crippen MR) is 290 cm³/mol. The summed E-state index contributed by atoms with van der Waals surface area (Å²) in [6, 6.07) is -17.5. The number of hydrogen-bond donors (Lipinski definition) is 19. The van der Waals surface area contributed by atoms with Gasteiger partial charge in [-0.2, -0.15) is 0 Å². The molecular formula is C50H74N10O29. The van der Waals surface area contributed by atoms with Gasteiger partial charge in [0.1, 0.15) is 54.9 Å². The van der Waals surface area contributed by atoms with Crippen molar-refractivity contribution >= 4 is 113 Å². The first-order valence-corrected chi connectivity index (χ1v) is 27.0. The Bertz CT molecular complexity index is 2600. The van der Waals surface area contributed by atoms with Crippen LogP contribution in [0, 0.1) is 0 Å². The molecule has 0 rings (SSSR count). The number of ether oxygens (including phenoxy) is 1. The van der Waals surface area contributed by atoms with E-state index >= 15 is 0 Å². The Morgan fingerprint density at radius 2 is 0.472 bits per heavy atom. The molecule has 9 atom stereocenters. The van der Waals surface area contributed by atoms with Crippen LogP contribution in [-0.4, -0.2) is 233 Å². The standard InChI is InChI=1S/C50H74N10O29/c1-23(61)22-89-21-20-52-43(81)25(3-12-34(64)65)54-45(83)27(5-14-36(68)69)56-47(85)29(7-16-38(72)73)58-49(87)31(9-18-40(76)77)60-50(88)32(10-19-41(78)79)59-48(86)30(8-17-39(74)75)57-46(84)28(6-15-37(70)71)55-44(82)26(4-13-35(66)67)53-42(80)24(51)2-11-33(62)63/h24-32H,2-22,51H2,1H3,(H,52,81)(H,53,80)(H,54,83)(H,55,82)(H,56,85)(H,57,84)(H,58,87)(H,59,86)(H,60,88)(H,62,63)(H,64,65)(H,66,67)(H,68,69)(H,70,71)(H,72,73)(H,74,75)(H,76,77)(H,78,79)/t24-,25-,26-,27-,28-,29-,30-,31-,32-/m1/s1. The lowest BCUT2D eigenvalue weighted by Crippen LogP contribution is -2.60. The van der Waals surface area contributed by atoms with E-state index in [0.717, 1.165) is 0 Å². The van der Waals surface area contributed by atoms with Crippen molar-refractivity contribution in [2.75, 3.05) is 19.8 Å². The number of amides is 9. The molecule has 0 heterocycles. The van der Waals surface area contributed by atoms with Gasteiger partial charge in [0.05, 0.1) is 12.6 Å². The van der Waals surface area contributed by atoms with Gasteiger partial charge < -0.3 is 104 Å². The Labute approximate surface area is 503 Å². The topological polar surface area (TPSA) is 650 Å². The number of carbonyl (C=O) groups excluding carboxylic acids is 10. The van der Waals surface area contributed by atoms with Crippen LogP contribution in [-0.2, 0) is 95.8 Å². The van der Waals surface area contributed by atoms with Crippen molar-refractivity contribution in [1.82, 2.24) is 47.9 Å². The Morgan fingerprint density at radius 1 is 0.292 bits per heavy atom. The summed E-state index contributed by atoms with van der Waals surface area (Å²) < 4.78 is 5.04. The number of carboxylic acids is 9. The molecular weight excluding hydrogens is 1200 g/mol. The van der Waals surface area contributed by atoms with Crippen molar-refractivity contribution in [1.29, 1.82) is 0 Å². The number of Topliss-reactive ketones (excluding diaryl/α,β-unsaturated/α-hetero) is 1. The second-order valence-corrected chi connectivity index (χ2v) is 19.5. The van der Waals surface area contributed by atoms with Crippen LogP contribution < -0.4 is 53.6 Å². The fraction of sp³-hybridized carbons (Fsp3) is 0.620. The minimum atomic E-state index is -2.13. The van der Waals surface area contributed by atoms with Crippen LogP contribution in [0.5, 0.6) is 0 Å². The van der Waals surface area contributed by atoms with Crippen molar-refractivity contribution in [2.45, 2.75) is 177 Å². The first-order chi connectivity index (χ1) is 41.5. The van der Waals surface area contributed by atoms with E-state index < -0.39 is 277 Å². The van der Waals surface area contributed by atoms with Crippen LogP contribution in [0.1, 0.15) is 122 Å². The molecule has 0 unspecified atom stereocenters. The van der Waals surface area contributed by atoms with Gasteiger partial charge in [0, 0.05) is 64.3 Å². The van der Waals surface area contributed by atoms with Crippen LogP contribution >= 0.6 is 0 Å². The summed E-state index contributed by atoms with van der Waals surface area (Å²) in [7, 11) is 0. The van der Waals surface area contributed by atoms with Gasteiger partial charge in [-0.3, -0.25) is 91.1 Å². The molecule has 9 amide bonds. The zero-order chi connectivity index (χ0) is 68.1. The molecule has 498 valence electrons. The third-order valence-electron chi connectivity index (χ3n) is 12.1. The van der Waals surface area contributed by atoms with Gasteiger partial charge in [-0.05, 0) is 64.7 Å². The van der Waals surface area contributed by atoms with Crippen molar-refractivity contribution in [3.63, 3.8) is 0 Å². The summed E-state index contributed by atoms with van der Waals surface area (Å²) in [5.74, 6) is -26.4. The monoisotopic (exact) mass is 1280 g/mol. The molecule has 89 heavy (non-hydrogen) atoms. The van der Waals surface area contributed by atoms with E-state index in [1.54, 1.807) is 0 Å². The highest BCUT2D eigenvalue weighted by molar-refractivity contribution is 5.99. The smallest absolute Gasteiger partial charge is 0.303 e. The average molecular weight is 1280 g/mol. The number of rotatable bonds is 49. The first-order valence-electron chi connectivity index (χ1n) is 27.0. The lowest BCUT2D eigenvalue weighted by Gasteiger charge is -2.28. The van der Waals surface area contributed by atoms with Gasteiger partial charge in [-0.1, -0.05) is 0 Å². The average Bonchev–Trinajstić information content (AvgIpc) is 3.32. The third-order valence-corrected chi connectivity index (χ3v) is 12.1. The molecule has 0 saturated carbocycles. The van der Waals surface area contributed by atoms with E-state index in [4.69, 9.17) is 15.6 Å². The lowest BCUT2D eigenvalue weighted by molar-refractivity contribution is -0.141. The van der Waals surface area contributed by atoms with Crippen molar-refractivity contribution < 1.29 is 142 Å². The van der Waals surface area contributed by atoms with E-state index in [-0.39, 0.29) is 25.5 Å². The summed E-state index contributed by atoms with van der Waals surface area (Å²) in [5.41, 5.74) is 5.70. The minimum absolute atomic E-state index is 0.216. The van der Waals surface area contributed by atoms with Crippen LogP contribution in [0.25, 0.3) is 0 Å². The maximum Gasteiger partial charge on any atom is 0.303 e. The fourth-order valence-electron chi connectivity index (χ4n) is 7.47. The molecule has 0 radical (unpaired) electrons. The van der Waals surface area contributed by atoms with Crippen molar-refractivity contribution in [2.24, 2.45) is 5.73 Å².